The van der Waals surface area contributed by atoms with Gasteiger partial charge in [-0.3, -0.25) is 0 Å². The molecule has 1 aliphatic rings. The Morgan fingerprint density at radius 2 is 2.17 bits per heavy atom. The van der Waals surface area contributed by atoms with Crippen molar-refractivity contribution in [3.05, 3.63) is 41.0 Å². The predicted octanol–water partition coefficient (Wildman–Crippen LogP) is 3.52. The topological polar surface area (TPSA) is 0 Å². The maximum Gasteiger partial charge on any atom is -0.0150 e. The lowest BCUT2D eigenvalue weighted by molar-refractivity contribution is 0.770. The van der Waals surface area contributed by atoms with Crippen molar-refractivity contribution in [2.75, 3.05) is 0 Å². The van der Waals surface area contributed by atoms with E-state index in [0.29, 0.717) is 5.92 Å². The van der Waals surface area contributed by atoms with E-state index >= 15 is 0 Å². The molecule has 0 unspecified atom stereocenters. The fraction of sp³-hybridized carbons (Fsp3) is 0.333. The Morgan fingerprint density at radius 3 is 2.92 bits per heavy atom. The highest BCUT2D eigenvalue weighted by molar-refractivity contribution is 5.60. The Bertz CT molecular complexity index is 321. The number of aryl methyl sites for hydroxylation is 1. The molecule has 1 aromatic carbocycles. The molecule has 2 rings (SSSR count). The number of fused-ring (bicyclic) bond motifs is 1. The first kappa shape index (κ1) is 7.60. The molecule has 0 saturated heterocycles. The van der Waals surface area contributed by atoms with E-state index < -0.39 is 0 Å². The molecule has 0 nitrogen and oxygen atoms in total. The first-order chi connectivity index (χ1) is 5.79. The van der Waals surface area contributed by atoms with Crippen LogP contribution in [0, 0.1) is 6.92 Å². The van der Waals surface area contributed by atoms with Gasteiger partial charge in [0.15, 0.2) is 0 Å². The van der Waals surface area contributed by atoms with E-state index in [1.165, 1.54) is 23.1 Å². The van der Waals surface area contributed by atoms with Gasteiger partial charge >= 0.3 is 0 Å². The van der Waals surface area contributed by atoms with E-state index in [2.05, 4.69) is 44.2 Å². The van der Waals surface area contributed by atoms with Crippen LogP contribution in [0.4, 0.5) is 0 Å². The summed E-state index contributed by atoms with van der Waals surface area (Å²) in [6, 6.07) is 6.58. The zero-order chi connectivity index (χ0) is 8.55. The lowest BCUT2D eigenvalue weighted by atomic mass is 9.86. The van der Waals surface area contributed by atoms with Gasteiger partial charge in [0, 0.05) is 0 Å². The van der Waals surface area contributed by atoms with Crippen LogP contribution < -0.4 is 0 Å². The van der Waals surface area contributed by atoms with Crippen LogP contribution in [0.25, 0.3) is 6.08 Å². The van der Waals surface area contributed by atoms with E-state index in [0.717, 1.165) is 0 Å². The highest BCUT2D eigenvalue weighted by Crippen LogP contribution is 2.30. The first-order valence-corrected chi connectivity index (χ1v) is 4.55. The second-order valence-electron chi connectivity index (χ2n) is 3.62. The van der Waals surface area contributed by atoms with Gasteiger partial charge in [-0.15, -0.1) is 0 Å². The summed E-state index contributed by atoms with van der Waals surface area (Å²) in [4.78, 5) is 0. The van der Waals surface area contributed by atoms with E-state index in [4.69, 9.17) is 0 Å². The van der Waals surface area contributed by atoms with Crippen LogP contribution in [-0.4, -0.2) is 0 Å². The summed E-state index contributed by atoms with van der Waals surface area (Å²) in [5, 5.41) is 0. The molecule has 0 heterocycles. The molecular formula is C12H14. The molecular weight excluding hydrogens is 144 g/mol. The fourth-order valence-electron chi connectivity index (χ4n) is 1.88. The molecule has 0 aliphatic heterocycles. The second-order valence-corrected chi connectivity index (χ2v) is 3.62. The number of hydrogen-bond acceptors (Lipinski definition) is 0. The van der Waals surface area contributed by atoms with E-state index in [1.54, 1.807) is 0 Å². The van der Waals surface area contributed by atoms with Gasteiger partial charge in [-0.25, -0.2) is 0 Å². The zero-order valence-electron chi connectivity index (χ0n) is 7.67. The molecule has 0 saturated carbocycles. The normalized spacial score (nSPS) is 20.7. The molecule has 0 N–H and O–H groups in total. The Kier molecular flexibility index (Phi) is 1.76. The summed E-state index contributed by atoms with van der Waals surface area (Å²) < 4.78 is 0. The molecule has 12 heavy (non-hydrogen) atoms. The Labute approximate surface area is 73.9 Å². The lowest BCUT2D eigenvalue weighted by Gasteiger charge is -2.18. The van der Waals surface area contributed by atoms with Gasteiger partial charge in [-0.1, -0.05) is 37.3 Å². The zero-order valence-corrected chi connectivity index (χ0v) is 7.67. The largest absolute Gasteiger partial charge is 0.0833 e. The summed E-state index contributed by atoms with van der Waals surface area (Å²) in [6.07, 6.45) is 5.72. The lowest BCUT2D eigenvalue weighted by Crippen LogP contribution is -2.00. The van der Waals surface area contributed by atoms with Gasteiger partial charge in [0.2, 0.25) is 0 Å². The minimum atomic E-state index is 0.699. The SMILES string of the molecule is Cc1cccc2c1C=CC[C@@H]2C. The molecule has 1 aromatic rings. The average Bonchev–Trinajstić information content (AvgIpc) is 2.07. The van der Waals surface area contributed by atoms with Crippen molar-refractivity contribution in [2.45, 2.75) is 26.2 Å². The number of hydrogen-bond donors (Lipinski definition) is 0. The van der Waals surface area contributed by atoms with Gasteiger partial charge in [0.25, 0.3) is 0 Å². The standard InChI is InChI=1S/C12H14/c1-9-5-3-8-12-10(2)6-4-7-11(9)12/h3-5,7-8,10H,6H2,1-2H3/t10-/m0/s1. The summed E-state index contributed by atoms with van der Waals surface area (Å²) in [5.74, 6) is 0.699. The van der Waals surface area contributed by atoms with E-state index in [1.807, 2.05) is 0 Å². The minimum Gasteiger partial charge on any atom is -0.0833 e. The molecule has 62 valence electrons. The summed E-state index contributed by atoms with van der Waals surface area (Å²) in [7, 11) is 0. The predicted molar refractivity (Wildman–Crippen MR) is 53.2 cm³/mol. The molecule has 0 radical (unpaired) electrons. The minimum absolute atomic E-state index is 0.699. The average molecular weight is 158 g/mol. The summed E-state index contributed by atoms with van der Waals surface area (Å²) in [5.41, 5.74) is 4.35. The molecule has 0 fully saturated rings. The molecule has 0 heteroatoms. The third-order valence-electron chi connectivity index (χ3n) is 2.66. The number of allylic oxidation sites excluding steroid dienone is 1. The Morgan fingerprint density at radius 1 is 1.33 bits per heavy atom. The van der Waals surface area contributed by atoms with Crippen LogP contribution in [-0.2, 0) is 0 Å². The van der Waals surface area contributed by atoms with Crippen molar-refractivity contribution < 1.29 is 0 Å². The van der Waals surface area contributed by atoms with Crippen molar-refractivity contribution in [2.24, 2.45) is 0 Å². The third kappa shape index (κ3) is 1.08. The number of benzene rings is 1. The van der Waals surface area contributed by atoms with Gasteiger partial charge in [-0.05, 0) is 36.0 Å². The second kappa shape index (κ2) is 2.78. The van der Waals surface area contributed by atoms with Crippen molar-refractivity contribution in [3.63, 3.8) is 0 Å². The van der Waals surface area contributed by atoms with Gasteiger partial charge < -0.3 is 0 Å². The van der Waals surface area contributed by atoms with Crippen molar-refractivity contribution in [3.8, 4) is 0 Å². The van der Waals surface area contributed by atoms with Crippen LogP contribution in [0.1, 0.15) is 36.0 Å². The first-order valence-electron chi connectivity index (χ1n) is 4.55. The van der Waals surface area contributed by atoms with Crippen LogP contribution in [0.15, 0.2) is 24.3 Å². The van der Waals surface area contributed by atoms with Gasteiger partial charge in [0.05, 0.1) is 0 Å². The van der Waals surface area contributed by atoms with Crippen LogP contribution >= 0.6 is 0 Å². The van der Waals surface area contributed by atoms with Crippen LogP contribution in [0.3, 0.4) is 0 Å². The highest BCUT2D eigenvalue weighted by atomic mass is 14.2. The third-order valence-corrected chi connectivity index (χ3v) is 2.66. The van der Waals surface area contributed by atoms with E-state index in [-0.39, 0.29) is 0 Å². The van der Waals surface area contributed by atoms with Crippen LogP contribution in [0.5, 0.6) is 0 Å². The smallest absolute Gasteiger partial charge is 0.0150 e. The molecule has 0 spiro atoms. The fourth-order valence-corrected chi connectivity index (χ4v) is 1.88. The maximum atomic E-state index is 2.29. The molecule has 1 aliphatic carbocycles. The molecule has 0 aromatic heterocycles. The van der Waals surface area contributed by atoms with Crippen molar-refractivity contribution >= 4 is 6.08 Å². The Hall–Kier alpha value is -1.04. The van der Waals surface area contributed by atoms with E-state index in [9.17, 15) is 0 Å². The summed E-state index contributed by atoms with van der Waals surface area (Å²) in [6.45, 7) is 4.48. The number of rotatable bonds is 0. The van der Waals surface area contributed by atoms with Crippen molar-refractivity contribution in [1.29, 1.82) is 0 Å². The van der Waals surface area contributed by atoms with Gasteiger partial charge in [-0.2, -0.15) is 0 Å². The molecule has 1 atom stereocenters. The van der Waals surface area contributed by atoms with Gasteiger partial charge in [0.1, 0.15) is 0 Å². The maximum absolute atomic E-state index is 2.29. The monoisotopic (exact) mass is 158 g/mol. The van der Waals surface area contributed by atoms with Crippen molar-refractivity contribution in [1.82, 2.24) is 0 Å². The quantitative estimate of drug-likeness (QED) is 0.542. The molecule has 0 bridgehead atoms. The Balaban J connectivity index is 2.61. The highest BCUT2D eigenvalue weighted by Gasteiger charge is 2.12. The summed E-state index contributed by atoms with van der Waals surface area (Å²) >= 11 is 0. The molecule has 0 amide bonds. The van der Waals surface area contributed by atoms with Crippen LogP contribution in [0.2, 0.25) is 0 Å².